The molecule has 0 aliphatic rings. The van der Waals surface area contributed by atoms with Crippen LogP contribution in [0.5, 0.6) is 0 Å². The van der Waals surface area contributed by atoms with Crippen LogP contribution in [0.3, 0.4) is 0 Å². The molecular weight excluding hydrogens is 229 g/mol. The summed E-state index contributed by atoms with van der Waals surface area (Å²) in [6, 6.07) is 13.9. The SMILES string of the molecule is CC(=O)c1cc(F)ccc1N(C)c1ccccc1. The van der Waals surface area contributed by atoms with Crippen molar-refractivity contribution in [1.29, 1.82) is 0 Å². The first-order chi connectivity index (χ1) is 8.59. The van der Waals surface area contributed by atoms with Crippen molar-refractivity contribution in [2.75, 3.05) is 11.9 Å². The zero-order chi connectivity index (χ0) is 13.1. The van der Waals surface area contributed by atoms with Crippen molar-refractivity contribution in [2.45, 2.75) is 6.92 Å². The van der Waals surface area contributed by atoms with Gasteiger partial charge in [0.15, 0.2) is 5.78 Å². The molecule has 18 heavy (non-hydrogen) atoms. The van der Waals surface area contributed by atoms with E-state index in [1.54, 1.807) is 6.07 Å². The molecule has 2 aromatic rings. The Kier molecular flexibility index (Phi) is 3.42. The molecule has 3 heteroatoms. The Balaban J connectivity index is 2.48. The molecule has 0 heterocycles. The number of anilines is 2. The Labute approximate surface area is 106 Å². The van der Waals surface area contributed by atoms with Crippen molar-refractivity contribution in [3.8, 4) is 0 Å². The lowest BCUT2D eigenvalue weighted by Crippen LogP contribution is -2.13. The molecule has 2 nitrogen and oxygen atoms in total. The van der Waals surface area contributed by atoms with E-state index in [9.17, 15) is 9.18 Å². The molecule has 0 unspecified atom stereocenters. The van der Waals surface area contributed by atoms with Crippen LogP contribution in [-0.2, 0) is 0 Å². The van der Waals surface area contributed by atoms with Crippen LogP contribution in [0.4, 0.5) is 15.8 Å². The van der Waals surface area contributed by atoms with E-state index < -0.39 is 5.82 Å². The zero-order valence-electron chi connectivity index (χ0n) is 10.4. The average Bonchev–Trinajstić information content (AvgIpc) is 2.39. The molecule has 92 valence electrons. The van der Waals surface area contributed by atoms with Crippen molar-refractivity contribution in [2.24, 2.45) is 0 Å². The van der Waals surface area contributed by atoms with Gasteiger partial charge in [-0.1, -0.05) is 18.2 Å². The Morgan fingerprint density at radius 2 is 1.78 bits per heavy atom. The van der Waals surface area contributed by atoms with Crippen LogP contribution >= 0.6 is 0 Å². The van der Waals surface area contributed by atoms with Crippen LogP contribution < -0.4 is 4.90 Å². The van der Waals surface area contributed by atoms with Gasteiger partial charge in [0, 0.05) is 18.3 Å². The first kappa shape index (κ1) is 12.3. The molecule has 0 saturated carbocycles. The lowest BCUT2D eigenvalue weighted by atomic mass is 10.1. The molecule has 0 aromatic heterocycles. The summed E-state index contributed by atoms with van der Waals surface area (Å²) in [6.07, 6.45) is 0. The number of para-hydroxylation sites is 1. The van der Waals surface area contributed by atoms with E-state index >= 15 is 0 Å². The number of carbonyl (C=O) groups excluding carboxylic acids is 1. The molecule has 0 fully saturated rings. The quantitative estimate of drug-likeness (QED) is 0.764. The molecule has 0 atom stereocenters. The first-order valence-electron chi connectivity index (χ1n) is 5.69. The standard InChI is InChI=1S/C15H14FNO/c1-11(18)14-10-12(16)8-9-15(14)17(2)13-6-4-3-5-7-13/h3-10H,1-2H3. The molecular formula is C15H14FNO. The van der Waals surface area contributed by atoms with Gasteiger partial charge in [-0.2, -0.15) is 0 Å². The predicted molar refractivity (Wildman–Crippen MR) is 70.9 cm³/mol. The maximum Gasteiger partial charge on any atom is 0.162 e. The van der Waals surface area contributed by atoms with E-state index in [-0.39, 0.29) is 5.78 Å². The third-order valence-electron chi connectivity index (χ3n) is 2.84. The normalized spacial score (nSPS) is 10.2. The van der Waals surface area contributed by atoms with Crippen LogP contribution in [0.25, 0.3) is 0 Å². The fourth-order valence-electron chi connectivity index (χ4n) is 1.87. The largest absolute Gasteiger partial charge is 0.344 e. The number of carbonyl (C=O) groups is 1. The van der Waals surface area contributed by atoms with Crippen LogP contribution in [0.1, 0.15) is 17.3 Å². The smallest absolute Gasteiger partial charge is 0.162 e. The van der Waals surface area contributed by atoms with Crippen LogP contribution in [0.2, 0.25) is 0 Å². The van der Waals surface area contributed by atoms with Gasteiger partial charge < -0.3 is 4.90 Å². The Morgan fingerprint density at radius 3 is 2.39 bits per heavy atom. The topological polar surface area (TPSA) is 20.3 Å². The van der Waals surface area contributed by atoms with Gasteiger partial charge >= 0.3 is 0 Å². The van der Waals surface area contributed by atoms with Crippen LogP contribution in [-0.4, -0.2) is 12.8 Å². The van der Waals surface area contributed by atoms with Crippen LogP contribution in [0.15, 0.2) is 48.5 Å². The molecule has 0 saturated heterocycles. The molecule has 0 amide bonds. The number of Topliss-reactive ketones (excluding diaryl/α,β-unsaturated/α-hetero) is 1. The maximum atomic E-state index is 13.2. The fraction of sp³-hybridized carbons (Fsp3) is 0.133. The van der Waals surface area contributed by atoms with E-state index in [1.807, 2.05) is 42.3 Å². The first-order valence-corrected chi connectivity index (χ1v) is 5.69. The van der Waals surface area contributed by atoms with E-state index in [0.29, 0.717) is 11.3 Å². The molecule has 0 aliphatic heterocycles. The van der Waals surface area contributed by atoms with E-state index in [1.165, 1.54) is 19.1 Å². The summed E-state index contributed by atoms with van der Waals surface area (Å²) in [4.78, 5) is 13.4. The molecule has 0 bridgehead atoms. The molecule has 0 spiro atoms. The predicted octanol–water partition coefficient (Wildman–Crippen LogP) is 3.80. The summed E-state index contributed by atoms with van der Waals surface area (Å²) < 4.78 is 13.2. The number of hydrogen-bond acceptors (Lipinski definition) is 2. The van der Waals surface area contributed by atoms with Crippen molar-refractivity contribution in [3.05, 3.63) is 59.9 Å². The lowest BCUT2D eigenvalue weighted by Gasteiger charge is -2.21. The van der Waals surface area contributed by atoms with Gasteiger partial charge in [0.05, 0.1) is 5.69 Å². The molecule has 2 rings (SSSR count). The monoisotopic (exact) mass is 243 g/mol. The summed E-state index contributed by atoms with van der Waals surface area (Å²) in [5, 5.41) is 0. The second kappa shape index (κ2) is 5.00. The molecule has 0 N–H and O–H groups in total. The van der Waals surface area contributed by atoms with E-state index in [4.69, 9.17) is 0 Å². The van der Waals surface area contributed by atoms with Gasteiger partial charge in [-0.15, -0.1) is 0 Å². The second-order valence-corrected chi connectivity index (χ2v) is 4.11. The Bertz CT molecular complexity index is 566. The number of ketones is 1. The minimum absolute atomic E-state index is 0.146. The van der Waals surface area contributed by atoms with Crippen molar-refractivity contribution >= 4 is 17.2 Å². The van der Waals surface area contributed by atoms with E-state index in [2.05, 4.69) is 0 Å². The van der Waals surface area contributed by atoms with Gasteiger partial charge in [-0.3, -0.25) is 4.79 Å². The van der Waals surface area contributed by atoms with Gasteiger partial charge in [0.2, 0.25) is 0 Å². The van der Waals surface area contributed by atoms with Crippen molar-refractivity contribution < 1.29 is 9.18 Å². The number of rotatable bonds is 3. The Hall–Kier alpha value is -2.16. The van der Waals surface area contributed by atoms with Gasteiger partial charge in [-0.05, 0) is 37.3 Å². The summed E-state index contributed by atoms with van der Waals surface area (Å²) in [6.45, 7) is 1.44. The minimum Gasteiger partial charge on any atom is -0.344 e. The van der Waals surface area contributed by atoms with E-state index in [0.717, 1.165) is 5.69 Å². The third-order valence-corrected chi connectivity index (χ3v) is 2.84. The van der Waals surface area contributed by atoms with Crippen molar-refractivity contribution in [3.63, 3.8) is 0 Å². The number of halogens is 1. The molecule has 0 aliphatic carbocycles. The molecule has 2 aromatic carbocycles. The zero-order valence-corrected chi connectivity index (χ0v) is 10.4. The molecule has 0 radical (unpaired) electrons. The van der Waals surface area contributed by atoms with Gasteiger partial charge in [-0.25, -0.2) is 4.39 Å². The highest BCUT2D eigenvalue weighted by molar-refractivity contribution is 6.00. The number of benzene rings is 2. The summed E-state index contributed by atoms with van der Waals surface area (Å²) in [5.74, 6) is -0.544. The summed E-state index contributed by atoms with van der Waals surface area (Å²) in [7, 11) is 1.86. The third kappa shape index (κ3) is 2.40. The highest BCUT2D eigenvalue weighted by Crippen LogP contribution is 2.27. The summed E-state index contributed by atoms with van der Waals surface area (Å²) in [5.41, 5.74) is 2.04. The van der Waals surface area contributed by atoms with Crippen molar-refractivity contribution in [1.82, 2.24) is 0 Å². The maximum absolute atomic E-state index is 13.2. The number of hydrogen-bond donors (Lipinski definition) is 0. The number of nitrogens with zero attached hydrogens (tertiary/aromatic N) is 1. The highest BCUT2D eigenvalue weighted by atomic mass is 19.1. The average molecular weight is 243 g/mol. The lowest BCUT2D eigenvalue weighted by molar-refractivity contribution is 0.101. The Morgan fingerprint density at radius 1 is 1.11 bits per heavy atom. The van der Waals surface area contributed by atoms with Gasteiger partial charge in [0.1, 0.15) is 5.82 Å². The summed E-state index contributed by atoms with van der Waals surface area (Å²) >= 11 is 0. The minimum atomic E-state index is -0.398. The van der Waals surface area contributed by atoms with Crippen LogP contribution in [0, 0.1) is 5.82 Å². The highest BCUT2D eigenvalue weighted by Gasteiger charge is 2.13. The fourth-order valence-corrected chi connectivity index (χ4v) is 1.87. The second-order valence-electron chi connectivity index (χ2n) is 4.11. The van der Waals surface area contributed by atoms with Gasteiger partial charge in [0.25, 0.3) is 0 Å².